The van der Waals surface area contributed by atoms with E-state index in [4.69, 9.17) is 16.3 Å². The van der Waals surface area contributed by atoms with Crippen LogP contribution in [0.25, 0.3) is 5.76 Å². The number of amides is 1. The molecule has 0 saturated carbocycles. The van der Waals surface area contributed by atoms with Gasteiger partial charge in [-0.2, -0.15) is 0 Å². The maximum Gasteiger partial charge on any atom is 0.295 e. The van der Waals surface area contributed by atoms with E-state index < -0.39 is 17.7 Å². The summed E-state index contributed by atoms with van der Waals surface area (Å²) in [5.41, 5.74) is 0.968. The number of hydrogen-bond acceptors (Lipinski definition) is 5. The molecule has 1 amide bonds. The van der Waals surface area contributed by atoms with Crippen molar-refractivity contribution in [3.63, 3.8) is 0 Å². The van der Waals surface area contributed by atoms with Crippen LogP contribution in [0.4, 0.5) is 0 Å². The zero-order valence-electron chi connectivity index (χ0n) is 14.6. The van der Waals surface area contributed by atoms with Crippen LogP contribution in [-0.2, 0) is 14.3 Å². The van der Waals surface area contributed by atoms with Crippen molar-refractivity contribution in [1.82, 2.24) is 4.90 Å². The first-order valence-corrected chi connectivity index (χ1v) is 8.64. The van der Waals surface area contributed by atoms with Crippen LogP contribution in [0.1, 0.15) is 17.2 Å². The lowest BCUT2D eigenvalue weighted by atomic mass is 9.95. The number of methoxy groups -OCH3 is 1. The average molecular weight is 388 g/mol. The molecule has 7 heteroatoms. The van der Waals surface area contributed by atoms with E-state index in [9.17, 15) is 19.8 Å². The molecule has 1 atom stereocenters. The summed E-state index contributed by atoms with van der Waals surface area (Å²) in [5, 5.41) is 20.8. The Kier molecular flexibility index (Phi) is 5.48. The number of likely N-dealkylation sites (tertiary alicyclic amines) is 1. The van der Waals surface area contributed by atoms with Gasteiger partial charge >= 0.3 is 0 Å². The van der Waals surface area contributed by atoms with Gasteiger partial charge in [0.05, 0.1) is 18.2 Å². The summed E-state index contributed by atoms with van der Waals surface area (Å²) in [6.07, 6.45) is 0. The number of aliphatic hydroxyl groups is 1. The number of nitrogens with zero attached hydrogens (tertiary/aromatic N) is 1. The van der Waals surface area contributed by atoms with Gasteiger partial charge in [-0.15, -0.1) is 0 Å². The van der Waals surface area contributed by atoms with Gasteiger partial charge < -0.3 is 19.8 Å². The minimum Gasteiger partial charge on any atom is -0.508 e. The molecule has 6 nitrogen and oxygen atoms in total. The number of rotatable bonds is 5. The Labute approximate surface area is 161 Å². The van der Waals surface area contributed by atoms with Crippen LogP contribution in [0.3, 0.4) is 0 Å². The van der Waals surface area contributed by atoms with Crippen LogP contribution in [0, 0.1) is 0 Å². The highest BCUT2D eigenvalue weighted by molar-refractivity contribution is 6.46. The Bertz CT molecular complexity index is 890. The first-order chi connectivity index (χ1) is 12.9. The van der Waals surface area contributed by atoms with Gasteiger partial charge in [0, 0.05) is 24.2 Å². The third-order valence-electron chi connectivity index (χ3n) is 4.40. The van der Waals surface area contributed by atoms with Crippen molar-refractivity contribution in [2.24, 2.45) is 0 Å². The van der Waals surface area contributed by atoms with Gasteiger partial charge in [0.25, 0.3) is 11.7 Å². The second-order valence-corrected chi connectivity index (χ2v) is 6.52. The molecule has 1 aliphatic heterocycles. The van der Waals surface area contributed by atoms with E-state index in [1.807, 2.05) is 0 Å². The largest absolute Gasteiger partial charge is 0.508 e. The monoisotopic (exact) mass is 387 g/mol. The Hall–Kier alpha value is -2.83. The lowest BCUT2D eigenvalue weighted by molar-refractivity contribution is -0.140. The zero-order valence-corrected chi connectivity index (χ0v) is 15.3. The van der Waals surface area contributed by atoms with Crippen LogP contribution in [0.5, 0.6) is 5.75 Å². The fourth-order valence-corrected chi connectivity index (χ4v) is 3.19. The summed E-state index contributed by atoms with van der Waals surface area (Å²) in [7, 11) is 1.50. The minimum atomic E-state index is -0.781. The van der Waals surface area contributed by atoms with Crippen molar-refractivity contribution in [2.45, 2.75) is 6.04 Å². The van der Waals surface area contributed by atoms with E-state index in [0.717, 1.165) is 0 Å². The lowest BCUT2D eigenvalue weighted by Crippen LogP contribution is -2.32. The number of hydrogen-bond donors (Lipinski definition) is 2. The van der Waals surface area contributed by atoms with Gasteiger partial charge in [-0.05, 0) is 42.0 Å². The van der Waals surface area contributed by atoms with Crippen molar-refractivity contribution in [3.8, 4) is 5.75 Å². The van der Waals surface area contributed by atoms with Gasteiger partial charge in [0.2, 0.25) is 0 Å². The van der Waals surface area contributed by atoms with Gasteiger partial charge in [-0.3, -0.25) is 9.59 Å². The first kappa shape index (κ1) is 18.9. The Morgan fingerprint density at radius 1 is 1.11 bits per heavy atom. The molecule has 0 bridgehead atoms. The van der Waals surface area contributed by atoms with Crippen LogP contribution in [0.15, 0.2) is 54.1 Å². The van der Waals surface area contributed by atoms with Crippen molar-refractivity contribution < 1.29 is 24.5 Å². The number of phenols is 1. The van der Waals surface area contributed by atoms with E-state index in [-0.39, 0.29) is 30.2 Å². The molecule has 1 heterocycles. The molecule has 0 unspecified atom stereocenters. The summed E-state index contributed by atoms with van der Waals surface area (Å²) >= 11 is 5.88. The number of aromatic hydroxyl groups is 1. The number of phenolic OH excluding ortho intramolecular Hbond substituents is 1. The van der Waals surface area contributed by atoms with E-state index in [1.165, 1.54) is 24.1 Å². The molecule has 0 radical (unpaired) electrons. The summed E-state index contributed by atoms with van der Waals surface area (Å²) in [6.45, 7) is 0.423. The van der Waals surface area contributed by atoms with Gasteiger partial charge in [0.15, 0.2) is 0 Å². The normalized spacial score (nSPS) is 18.9. The standard InChI is InChI=1S/C20H18ClNO5/c1-27-11-10-22-17(12-4-8-15(23)9-5-12)16(19(25)20(22)26)18(24)13-2-6-14(21)7-3-13/h2-9,17,23-24H,10-11H2,1H3/t17-/m0/s1. The smallest absolute Gasteiger partial charge is 0.295 e. The van der Waals surface area contributed by atoms with Gasteiger partial charge in [-0.1, -0.05) is 23.7 Å². The molecule has 3 rings (SSSR count). The average Bonchev–Trinajstić information content (AvgIpc) is 2.91. The topological polar surface area (TPSA) is 87.1 Å². The summed E-state index contributed by atoms with van der Waals surface area (Å²) in [5.74, 6) is -1.69. The van der Waals surface area contributed by atoms with Crippen LogP contribution >= 0.6 is 11.6 Å². The van der Waals surface area contributed by atoms with E-state index in [0.29, 0.717) is 16.1 Å². The number of ether oxygens (including phenoxy) is 1. The number of Topliss-reactive ketones (excluding diaryl/α,β-unsaturated/α-hetero) is 1. The van der Waals surface area contributed by atoms with Crippen molar-refractivity contribution >= 4 is 29.1 Å². The van der Waals surface area contributed by atoms with E-state index >= 15 is 0 Å². The number of benzene rings is 2. The highest BCUT2D eigenvalue weighted by Gasteiger charge is 2.45. The van der Waals surface area contributed by atoms with Crippen molar-refractivity contribution in [1.29, 1.82) is 0 Å². The lowest BCUT2D eigenvalue weighted by Gasteiger charge is -2.25. The minimum absolute atomic E-state index is 0.0101. The van der Waals surface area contributed by atoms with Crippen LogP contribution in [-0.4, -0.2) is 47.1 Å². The van der Waals surface area contributed by atoms with Gasteiger partial charge in [-0.25, -0.2) is 0 Å². The molecule has 0 aromatic heterocycles. The number of carbonyl (C=O) groups excluding carboxylic acids is 2. The molecule has 27 heavy (non-hydrogen) atoms. The Morgan fingerprint density at radius 2 is 1.74 bits per heavy atom. The highest BCUT2D eigenvalue weighted by Crippen LogP contribution is 2.39. The van der Waals surface area contributed by atoms with Crippen LogP contribution in [0.2, 0.25) is 5.02 Å². The maximum absolute atomic E-state index is 12.7. The number of aliphatic hydroxyl groups excluding tert-OH is 1. The molecule has 0 aliphatic carbocycles. The molecular formula is C20H18ClNO5. The Balaban J connectivity index is 2.14. The molecule has 1 saturated heterocycles. The summed E-state index contributed by atoms with van der Waals surface area (Å²) in [6, 6.07) is 11.7. The molecule has 0 spiro atoms. The predicted molar refractivity (Wildman–Crippen MR) is 100 cm³/mol. The molecule has 2 aromatic rings. The number of halogens is 1. The molecule has 2 N–H and O–H groups in total. The predicted octanol–water partition coefficient (Wildman–Crippen LogP) is 3.11. The highest BCUT2D eigenvalue weighted by atomic mass is 35.5. The third-order valence-corrected chi connectivity index (χ3v) is 4.65. The van der Waals surface area contributed by atoms with Crippen LogP contribution < -0.4 is 0 Å². The number of carbonyl (C=O) groups is 2. The maximum atomic E-state index is 12.7. The molecule has 140 valence electrons. The van der Waals surface area contributed by atoms with E-state index in [2.05, 4.69) is 0 Å². The molecule has 1 fully saturated rings. The first-order valence-electron chi connectivity index (χ1n) is 8.26. The fraction of sp³-hybridized carbons (Fsp3) is 0.200. The van der Waals surface area contributed by atoms with Gasteiger partial charge in [0.1, 0.15) is 11.5 Å². The third kappa shape index (κ3) is 3.67. The van der Waals surface area contributed by atoms with Crippen molar-refractivity contribution in [2.75, 3.05) is 20.3 Å². The SMILES string of the molecule is COCCN1C(=O)C(=O)C(=C(O)c2ccc(Cl)cc2)[C@@H]1c1ccc(O)cc1. The zero-order chi connectivity index (χ0) is 19.6. The fourth-order valence-electron chi connectivity index (χ4n) is 3.07. The summed E-state index contributed by atoms with van der Waals surface area (Å²) < 4.78 is 5.05. The molecular weight excluding hydrogens is 370 g/mol. The summed E-state index contributed by atoms with van der Waals surface area (Å²) in [4.78, 5) is 26.6. The molecule has 2 aromatic carbocycles. The van der Waals surface area contributed by atoms with Crippen molar-refractivity contribution in [3.05, 3.63) is 70.3 Å². The Morgan fingerprint density at radius 3 is 2.33 bits per heavy atom. The second kappa shape index (κ2) is 7.82. The van der Waals surface area contributed by atoms with E-state index in [1.54, 1.807) is 36.4 Å². The second-order valence-electron chi connectivity index (χ2n) is 6.08. The number of ketones is 1. The molecule has 1 aliphatic rings. The quantitative estimate of drug-likeness (QED) is 0.467.